The van der Waals surface area contributed by atoms with Gasteiger partial charge in [0, 0.05) is 13.6 Å². The van der Waals surface area contributed by atoms with E-state index < -0.39 is 0 Å². The largest absolute Gasteiger partial charge is 0.321 e. The minimum absolute atomic E-state index is 0.0948. The van der Waals surface area contributed by atoms with Crippen LogP contribution < -0.4 is 5.43 Å². The molecule has 0 radical (unpaired) electrons. The molecule has 1 aliphatic heterocycles. The molecule has 1 aromatic rings. The van der Waals surface area contributed by atoms with E-state index in [4.69, 9.17) is 0 Å². The maximum Gasteiger partial charge on any atom is 0.238 e. The van der Waals surface area contributed by atoms with Gasteiger partial charge in [-0.2, -0.15) is 0 Å². The first-order valence-electron chi connectivity index (χ1n) is 7.24. The van der Waals surface area contributed by atoms with Crippen LogP contribution in [-0.2, 0) is 4.79 Å². The molecule has 1 aliphatic rings. The van der Waals surface area contributed by atoms with Gasteiger partial charge in [0.15, 0.2) is 0 Å². The molecule has 0 spiro atoms. The average Bonchev–Trinajstić information content (AvgIpc) is 2.81. The van der Waals surface area contributed by atoms with Crippen molar-refractivity contribution in [2.45, 2.75) is 13.1 Å². The van der Waals surface area contributed by atoms with Crippen LogP contribution in [0.25, 0.3) is 5.70 Å². The molecular weight excluding hydrogens is 264 g/mol. The predicted octanol–water partition coefficient (Wildman–Crippen LogP) is 1.21. The summed E-state index contributed by atoms with van der Waals surface area (Å²) in [5, 5.41) is 1.98. The van der Waals surface area contributed by atoms with Gasteiger partial charge in [0.25, 0.3) is 0 Å². The third-order valence-electron chi connectivity index (χ3n) is 3.52. The molecule has 0 saturated heterocycles. The Balaban J connectivity index is 2.17. The predicted molar refractivity (Wildman–Crippen MR) is 85.0 cm³/mol. The van der Waals surface area contributed by atoms with Crippen LogP contribution in [0.2, 0.25) is 0 Å². The van der Waals surface area contributed by atoms with Crippen LogP contribution in [0.5, 0.6) is 0 Å². The minimum atomic E-state index is -0.0948. The van der Waals surface area contributed by atoms with Gasteiger partial charge < -0.3 is 14.8 Å². The molecule has 21 heavy (non-hydrogen) atoms. The van der Waals surface area contributed by atoms with E-state index in [1.54, 1.807) is 0 Å². The molecule has 0 aliphatic carbocycles. The summed E-state index contributed by atoms with van der Waals surface area (Å²) >= 11 is 0. The Morgan fingerprint density at radius 2 is 1.95 bits per heavy atom. The number of carbonyl (C=O) groups excluding carboxylic acids is 1. The summed E-state index contributed by atoms with van der Waals surface area (Å²) in [6.45, 7) is 3.10. The molecule has 1 amide bonds. The summed E-state index contributed by atoms with van der Waals surface area (Å²) < 4.78 is 0. The van der Waals surface area contributed by atoms with E-state index in [1.165, 1.54) is 0 Å². The van der Waals surface area contributed by atoms with Crippen molar-refractivity contribution in [1.82, 2.24) is 20.2 Å². The number of nitrogens with zero attached hydrogens (tertiary/aromatic N) is 3. The summed E-state index contributed by atoms with van der Waals surface area (Å²) in [5.74, 6) is 0.124. The van der Waals surface area contributed by atoms with Crippen LogP contribution >= 0.6 is 0 Å². The smallest absolute Gasteiger partial charge is 0.238 e. The number of rotatable bonds is 5. The van der Waals surface area contributed by atoms with Gasteiger partial charge in [0.05, 0.1) is 12.2 Å². The quantitative estimate of drug-likeness (QED) is 0.884. The fraction of sp³-hybridized carbons (Fsp3) is 0.438. The lowest BCUT2D eigenvalue weighted by molar-refractivity contribution is -0.134. The molecule has 0 bridgehead atoms. The van der Waals surface area contributed by atoms with E-state index in [0.717, 1.165) is 11.3 Å². The molecule has 114 valence electrons. The minimum Gasteiger partial charge on any atom is -0.321 e. The third kappa shape index (κ3) is 3.62. The van der Waals surface area contributed by atoms with Crippen LogP contribution in [0, 0.1) is 0 Å². The maximum absolute atomic E-state index is 12.3. The Labute approximate surface area is 126 Å². The van der Waals surface area contributed by atoms with Gasteiger partial charge in [0.2, 0.25) is 5.91 Å². The number of hydrogen-bond donors (Lipinski definition) is 1. The molecular formula is C16H24N4O. The molecule has 0 fully saturated rings. The zero-order chi connectivity index (χ0) is 15.4. The summed E-state index contributed by atoms with van der Waals surface area (Å²) in [4.78, 5) is 16.1. The Morgan fingerprint density at radius 1 is 1.29 bits per heavy atom. The first kappa shape index (κ1) is 15.5. The second-order valence-electron chi connectivity index (χ2n) is 5.47. The van der Waals surface area contributed by atoms with Gasteiger partial charge in [0.1, 0.15) is 6.17 Å². The molecule has 5 nitrogen and oxygen atoms in total. The van der Waals surface area contributed by atoms with E-state index in [2.05, 4.69) is 23.6 Å². The van der Waals surface area contributed by atoms with Crippen LogP contribution in [0.1, 0.15) is 12.5 Å². The number of amides is 1. The highest BCUT2D eigenvalue weighted by atomic mass is 16.2. The molecule has 1 aromatic carbocycles. The molecule has 5 heteroatoms. The highest BCUT2D eigenvalue weighted by Crippen LogP contribution is 2.23. The van der Waals surface area contributed by atoms with Gasteiger partial charge in [-0.25, -0.2) is 5.43 Å². The Morgan fingerprint density at radius 3 is 2.52 bits per heavy atom. The lowest BCUT2D eigenvalue weighted by atomic mass is 10.1. The summed E-state index contributed by atoms with van der Waals surface area (Å²) in [6, 6.07) is 10.2. The van der Waals surface area contributed by atoms with Crippen molar-refractivity contribution in [3.8, 4) is 0 Å². The molecule has 0 aromatic heterocycles. The Hall–Kier alpha value is -1.85. The van der Waals surface area contributed by atoms with Crippen molar-refractivity contribution < 1.29 is 4.79 Å². The van der Waals surface area contributed by atoms with Crippen molar-refractivity contribution in [2.75, 3.05) is 34.2 Å². The van der Waals surface area contributed by atoms with Gasteiger partial charge >= 0.3 is 0 Å². The Bertz CT molecular complexity index is 512. The highest BCUT2D eigenvalue weighted by molar-refractivity contribution is 5.79. The zero-order valence-corrected chi connectivity index (χ0v) is 13.2. The average molecular weight is 288 g/mol. The normalized spacial score (nSPS) is 18.0. The molecule has 0 saturated carbocycles. The number of likely N-dealkylation sites (N-methyl/N-ethyl adjacent to an activating group) is 2. The van der Waals surface area contributed by atoms with Crippen molar-refractivity contribution in [2.24, 2.45) is 0 Å². The van der Waals surface area contributed by atoms with E-state index in [0.29, 0.717) is 13.1 Å². The highest BCUT2D eigenvalue weighted by Gasteiger charge is 2.28. The molecule has 1 atom stereocenters. The van der Waals surface area contributed by atoms with E-state index in [-0.39, 0.29) is 12.1 Å². The van der Waals surface area contributed by atoms with E-state index >= 15 is 0 Å². The van der Waals surface area contributed by atoms with E-state index in [1.807, 2.05) is 61.1 Å². The topological polar surface area (TPSA) is 38.8 Å². The van der Waals surface area contributed by atoms with Crippen LogP contribution in [-0.4, -0.2) is 61.1 Å². The molecule has 1 heterocycles. The zero-order valence-electron chi connectivity index (χ0n) is 13.2. The number of hydrogen-bond acceptors (Lipinski definition) is 4. The number of carbonyl (C=O) groups is 1. The van der Waals surface area contributed by atoms with E-state index in [9.17, 15) is 4.79 Å². The van der Waals surface area contributed by atoms with Gasteiger partial charge in [-0.15, -0.1) is 0 Å². The lowest BCUT2D eigenvalue weighted by Gasteiger charge is -2.29. The van der Waals surface area contributed by atoms with Crippen molar-refractivity contribution in [3.05, 3.63) is 42.0 Å². The van der Waals surface area contributed by atoms with Gasteiger partial charge in [-0.3, -0.25) is 4.79 Å². The summed E-state index contributed by atoms with van der Waals surface area (Å²) in [7, 11) is 5.79. The van der Waals surface area contributed by atoms with Crippen molar-refractivity contribution in [1.29, 1.82) is 0 Å². The Kier molecular flexibility index (Phi) is 4.98. The van der Waals surface area contributed by atoms with Crippen LogP contribution in [0.15, 0.2) is 36.4 Å². The standard InChI is InChI=1S/C16H24N4O/c1-5-20(16(21)12-18(2)3)15-11-14(19(4)17-15)13-9-7-6-8-10-13/h6-11,15,17H,5,12H2,1-4H3. The monoisotopic (exact) mass is 288 g/mol. The fourth-order valence-corrected chi connectivity index (χ4v) is 2.51. The maximum atomic E-state index is 12.3. The van der Waals surface area contributed by atoms with Crippen molar-refractivity contribution >= 4 is 11.6 Å². The SMILES string of the molecule is CCN(C(=O)CN(C)C)C1C=C(c2ccccc2)N(C)N1. The first-order chi connectivity index (χ1) is 10.0. The summed E-state index contributed by atoms with van der Waals surface area (Å²) in [6.07, 6.45) is 2.01. The first-order valence-corrected chi connectivity index (χ1v) is 7.24. The lowest BCUT2D eigenvalue weighted by Crippen LogP contribution is -2.50. The molecule has 2 rings (SSSR count). The number of nitrogens with one attached hydrogen (secondary N) is 1. The molecule has 1 N–H and O–H groups in total. The second-order valence-corrected chi connectivity index (χ2v) is 5.47. The number of benzene rings is 1. The third-order valence-corrected chi connectivity index (χ3v) is 3.52. The van der Waals surface area contributed by atoms with Crippen molar-refractivity contribution in [3.63, 3.8) is 0 Å². The second kappa shape index (κ2) is 6.74. The van der Waals surface area contributed by atoms with Crippen LogP contribution in [0.4, 0.5) is 0 Å². The van der Waals surface area contributed by atoms with Gasteiger partial charge in [-0.1, -0.05) is 30.3 Å². The number of hydrazine groups is 1. The molecule has 1 unspecified atom stereocenters. The van der Waals surface area contributed by atoms with Crippen LogP contribution in [0.3, 0.4) is 0 Å². The fourth-order valence-electron chi connectivity index (χ4n) is 2.51. The van der Waals surface area contributed by atoms with Gasteiger partial charge in [-0.05, 0) is 32.7 Å². The summed E-state index contributed by atoms with van der Waals surface area (Å²) in [5.41, 5.74) is 5.57.